The van der Waals surface area contributed by atoms with Crippen LogP contribution in [-0.2, 0) is 12.3 Å². The van der Waals surface area contributed by atoms with E-state index in [9.17, 15) is 0 Å². The monoisotopic (exact) mass is 296 g/mol. The summed E-state index contributed by atoms with van der Waals surface area (Å²) in [6.45, 7) is 0.919. The standard InChI is InChI=1S/C14H17ClN2OS/c1-17(12-4-3-5-13(8-12)18-2)7-6-14-16-11(9-15)10-19-14/h3-5,8,10H,6-7,9H2,1-2H3. The Kier molecular flexibility index (Phi) is 5.05. The molecule has 1 aromatic carbocycles. The number of rotatable bonds is 6. The Morgan fingerprint density at radius 3 is 2.95 bits per heavy atom. The third-order valence-electron chi connectivity index (χ3n) is 2.89. The Balaban J connectivity index is 1.94. The molecule has 0 unspecified atom stereocenters. The van der Waals surface area contributed by atoms with Crippen molar-refractivity contribution in [1.82, 2.24) is 4.98 Å². The smallest absolute Gasteiger partial charge is 0.120 e. The van der Waals surface area contributed by atoms with Crippen molar-refractivity contribution >= 4 is 28.6 Å². The van der Waals surface area contributed by atoms with E-state index in [1.54, 1.807) is 18.4 Å². The van der Waals surface area contributed by atoms with E-state index in [0.717, 1.165) is 35.1 Å². The Hall–Kier alpha value is -1.26. The molecule has 0 spiro atoms. The summed E-state index contributed by atoms with van der Waals surface area (Å²) in [6, 6.07) is 8.06. The maximum absolute atomic E-state index is 5.75. The molecule has 1 heterocycles. The fourth-order valence-corrected chi connectivity index (χ4v) is 2.78. The number of alkyl halides is 1. The molecule has 0 aliphatic heterocycles. The Morgan fingerprint density at radius 2 is 2.26 bits per heavy atom. The summed E-state index contributed by atoms with van der Waals surface area (Å²) in [6.07, 6.45) is 0.926. The van der Waals surface area contributed by atoms with Gasteiger partial charge >= 0.3 is 0 Å². The van der Waals surface area contributed by atoms with Gasteiger partial charge in [-0.3, -0.25) is 0 Å². The van der Waals surface area contributed by atoms with Crippen LogP contribution in [0.15, 0.2) is 29.6 Å². The predicted molar refractivity (Wildman–Crippen MR) is 81.6 cm³/mol. The largest absolute Gasteiger partial charge is 0.497 e. The van der Waals surface area contributed by atoms with Crippen LogP contribution in [0.3, 0.4) is 0 Å². The molecule has 0 radical (unpaired) electrons. The van der Waals surface area contributed by atoms with Crippen molar-refractivity contribution in [3.63, 3.8) is 0 Å². The number of aromatic nitrogens is 1. The number of hydrogen-bond acceptors (Lipinski definition) is 4. The maximum atomic E-state index is 5.75. The Morgan fingerprint density at radius 1 is 1.42 bits per heavy atom. The zero-order valence-electron chi connectivity index (χ0n) is 11.1. The molecule has 102 valence electrons. The van der Waals surface area contributed by atoms with Crippen molar-refractivity contribution in [2.75, 3.05) is 25.6 Å². The fraction of sp³-hybridized carbons (Fsp3) is 0.357. The van der Waals surface area contributed by atoms with Crippen molar-refractivity contribution in [3.05, 3.63) is 40.3 Å². The summed E-state index contributed by atoms with van der Waals surface area (Å²) in [5.74, 6) is 1.37. The van der Waals surface area contributed by atoms with Crippen LogP contribution in [0.2, 0.25) is 0 Å². The van der Waals surface area contributed by atoms with Gasteiger partial charge in [0.25, 0.3) is 0 Å². The number of halogens is 1. The molecule has 0 amide bonds. The first-order valence-electron chi connectivity index (χ1n) is 6.07. The van der Waals surface area contributed by atoms with Gasteiger partial charge in [-0.05, 0) is 12.1 Å². The van der Waals surface area contributed by atoms with Gasteiger partial charge in [-0.25, -0.2) is 4.98 Å². The SMILES string of the molecule is COc1cccc(N(C)CCc2nc(CCl)cs2)c1. The predicted octanol–water partition coefficient (Wildman–Crippen LogP) is 3.57. The second kappa shape index (κ2) is 6.78. The molecule has 2 aromatic rings. The van der Waals surface area contributed by atoms with Gasteiger partial charge in [0.05, 0.1) is 23.7 Å². The van der Waals surface area contributed by atoms with Crippen molar-refractivity contribution < 1.29 is 4.74 Å². The first-order chi connectivity index (χ1) is 9.22. The molecular formula is C14H17ClN2OS. The Bertz CT molecular complexity index is 530. The van der Waals surface area contributed by atoms with Crippen molar-refractivity contribution in [1.29, 1.82) is 0 Å². The van der Waals surface area contributed by atoms with Crippen LogP contribution in [0.1, 0.15) is 10.7 Å². The normalized spacial score (nSPS) is 10.5. The van der Waals surface area contributed by atoms with Gasteiger partial charge in [0.2, 0.25) is 0 Å². The molecule has 2 rings (SSSR count). The molecule has 1 aromatic heterocycles. The number of anilines is 1. The van der Waals surface area contributed by atoms with Crippen molar-refractivity contribution in [2.24, 2.45) is 0 Å². The minimum absolute atomic E-state index is 0.488. The third kappa shape index (κ3) is 3.85. The quantitative estimate of drug-likeness (QED) is 0.762. The lowest BCUT2D eigenvalue weighted by atomic mass is 10.2. The van der Waals surface area contributed by atoms with Crippen molar-refractivity contribution in [3.8, 4) is 5.75 Å². The maximum Gasteiger partial charge on any atom is 0.120 e. The molecular weight excluding hydrogens is 280 g/mol. The van der Waals surface area contributed by atoms with Crippen LogP contribution >= 0.6 is 22.9 Å². The number of likely N-dealkylation sites (N-methyl/N-ethyl adjacent to an activating group) is 1. The number of methoxy groups -OCH3 is 1. The summed E-state index contributed by atoms with van der Waals surface area (Å²) in [7, 11) is 3.76. The third-order valence-corrected chi connectivity index (χ3v) is 4.12. The average Bonchev–Trinajstić information content (AvgIpc) is 2.93. The van der Waals surface area contributed by atoms with Gasteiger partial charge in [-0.1, -0.05) is 6.07 Å². The molecule has 0 aliphatic carbocycles. The van der Waals surface area contributed by atoms with Gasteiger partial charge in [-0.2, -0.15) is 0 Å². The summed E-state index contributed by atoms with van der Waals surface area (Å²) in [5, 5.41) is 3.15. The lowest BCUT2D eigenvalue weighted by Gasteiger charge is -2.19. The van der Waals surface area contributed by atoms with E-state index in [1.165, 1.54) is 0 Å². The number of benzene rings is 1. The lowest BCUT2D eigenvalue weighted by molar-refractivity contribution is 0.415. The number of nitrogens with zero attached hydrogens (tertiary/aromatic N) is 2. The van der Waals surface area contributed by atoms with E-state index in [2.05, 4.69) is 23.0 Å². The molecule has 5 heteroatoms. The van der Waals surface area contributed by atoms with Gasteiger partial charge in [0.1, 0.15) is 5.75 Å². The molecule has 0 aliphatic rings. The number of thiazole rings is 1. The first kappa shape index (κ1) is 14.2. The van der Waals surface area contributed by atoms with Crippen LogP contribution in [0.4, 0.5) is 5.69 Å². The molecule has 3 nitrogen and oxygen atoms in total. The lowest BCUT2D eigenvalue weighted by Crippen LogP contribution is -2.20. The van der Waals surface area contributed by atoms with Crippen LogP contribution in [0.25, 0.3) is 0 Å². The highest BCUT2D eigenvalue weighted by Crippen LogP contribution is 2.20. The van der Waals surface area contributed by atoms with Gasteiger partial charge in [0.15, 0.2) is 0 Å². The van der Waals surface area contributed by atoms with Gasteiger partial charge < -0.3 is 9.64 Å². The van der Waals surface area contributed by atoms with Crippen molar-refractivity contribution in [2.45, 2.75) is 12.3 Å². The van der Waals surface area contributed by atoms with E-state index in [-0.39, 0.29) is 0 Å². The molecule has 0 fully saturated rings. The summed E-state index contributed by atoms with van der Waals surface area (Å²) in [5.41, 5.74) is 2.11. The zero-order valence-corrected chi connectivity index (χ0v) is 12.7. The highest BCUT2D eigenvalue weighted by Gasteiger charge is 2.05. The molecule has 0 N–H and O–H groups in total. The van der Waals surface area contributed by atoms with E-state index in [4.69, 9.17) is 16.3 Å². The number of ether oxygens (including phenoxy) is 1. The molecule has 0 saturated heterocycles. The second-order valence-corrected chi connectivity index (χ2v) is 5.45. The molecule has 0 saturated carbocycles. The van der Waals surface area contributed by atoms with Crippen LogP contribution in [0, 0.1) is 0 Å². The van der Waals surface area contributed by atoms with Crippen LogP contribution in [0.5, 0.6) is 5.75 Å². The Labute approximate surface area is 122 Å². The van der Waals surface area contributed by atoms with Gasteiger partial charge in [-0.15, -0.1) is 22.9 Å². The van der Waals surface area contributed by atoms with Gasteiger partial charge in [0, 0.05) is 37.1 Å². The highest BCUT2D eigenvalue weighted by atomic mass is 35.5. The minimum Gasteiger partial charge on any atom is -0.497 e. The first-order valence-corrected chi connectivity index (χ1v) is 7.49. The molecule has 19 heavy (non-hydrogen) atoms. The molecule has 0 atom stereocenters. The minimum atomic E-state index is 0.488. The summed E-state index contributed by atoms with van der Waals surface area (Å²) < 4.78 is 5.23. The zero-order chi connectivity index (χ0) is 13.7. The fourth-order valence-electron chi connectivity index (χ4n) is 1.77. The highest BCUT2D eigenvalue weighted by molar-refractivity contribution is 7.09. The molecule has 0 bridgehead atoms. The van der Waals surface area contributed by atoms with Crippen LogP contribution in [-0.4, -0.2) is 25.7 Å². The topological polar surface area (TPSA) is 25.4 Å². The average molecular weight is 297 g/mol. The van der Waals surface area contributed by atoms with Crippen LogP contribution < -0.4 is 9.64 Å². The van der Waals surface area contributed by atoms with E-state index in [0.29, 0.717) is 5.88 Å². The summed E-state index contributed by atoms with van der Waals surface area (Å²) in [4.78, 5) is 6.66. The van der Waals surface area contributed by atoms with E-state index in [1.807, 2.05) is 23.6 Å². The second-order valence-electron chi connectivity index (χ2n) is 4.24. The van der Waals surface area contributed by atoms with E-state index >= 15 is 0 Å². The summed E-state index contributed by atoms with van der Waals surface area (Å²) >= 11 is 7.42. The number of hydrogen-bond donors (Lipinski definition) is 0. The van der Waals surface area contributed by atoms with E-state index < -0.39 is 0 Å².